The van der Waals surface area contributed by atoms with Crippen molar-refractivity contribution in [1.82, 2.24) is 10.2 Å². The van der Waals surface area contributed by atoms with Crippen molar-refractivity contribution in [3.63, 3.8) is 0 Å². The van der Waals surface area contributed by atoms with Crippen molar-refractivity contribution in [2.45, 2.75) is 12.5 Å². The summed E-state index contributed by atoms with van der Waals surface area (Å²) in [6.45, 7) is 5.43. The number of nitrogens with zero attached hydrogens (tertiary/aromatic N) is 1. The molecule has 0 aromatic heterocycles. The average Bonchev–Trinajstić information content (AvgIpc) is 2.35. The molecule has 1 amide bonds. The van der Waals surface area contributed by atoms with E-state index in [0.29, 0.717) is 6.04 Å². The summed E-state index contributed by atoms with van der Waals surface area (Å²) in [6.07, 6.45) is 2.37. The lowest BCUT2D eigenvalue weighted by atomic mass is 10.2. The fourth-order valence-electron chi connectivity index (χ4n) is 1.31. The van der Waals surface area contributed by atoms with Gasteiger partial charge in [0.05, 0.1) is 0 Å². The minimum absolute atomic E-state index is 0.0645. The molecular formula is C8H14N2O. The monoisotopic (exact) mass is 154 g/mol. The molecular weight excluding hydrogens is 140 g/mol. The lowest BCUT2D eigenvalue weighted by molar-refractivity contribution is -0.117. The Morgan fingerprint density at radius 3 is 3.00 bits per heavy atom. The van der Waals surface area contributed by atoms with Gasteiger partial charge in [-0.05, 0) is 26.1 Å². The van der Waals surface area contributed by atoms with Crippen molar-refractivity contribution in [1.29, 1.82) is 0 Å². The molecule has 1 saturated heterocycles. The van der Waals surface area contributed by atoms with Gasteiger partial charge in [-0.25, -0.2) is 0 Å². The van der Waals surface area contributed by atoms with Crippen LogP contribution in [0.2, 0.25) is 0 Å². The molecule has 1 rings (SSSR count). The zero-order valence-electron chi connectivity index (χ0n) is 6.84. The van der Waals surface area contributed by atoms with Crippen molar-refractivity contribution in [3.8, 4) is 0 Å². The van der Waals surface area contributed by atoms with Gasteiger partial charge in [0.1, 0.15) is 0 Å². The third-order valence-corrected chi connectivity index (χ3v) is 1.92. The number of carbonyl (C=O) groups excluding carboxylic acids is 1. The molecule has 0 unspecified atom stereocenters. The first kappa shape index (κ1) is 8.27. The molecule has 0 radical (unpaired) electrons. The molecule has 0 bridgehead atoms. The van der Waals surface area contributed by atoms with Crippen LogP contribution in [0.5, 0.6) is 0 Å². The van der Waals surface area contributed by atoms with Crippen LogP contribution in [0.15, 0.2) is 12.7 Å². The van der Waals surface area contributed by atoms with E-state index in [2.05, 4.69) is 23.8 Å². The van der Waals surface area contributed by atoms with Crippen LogP contribution in [0.1, 0.15) is 6.42 Å². The van der Waals surface area contributed by atoms with Crippen molar-refractivity contribution >= 4 is 5.91 Å². The Hall–Kier alpha value is -0.830. The van der Waals surface area contributed by atoms with Crippen LogP contribution >= 0.6 is 0 Å². The van der Waals surface area contributed by atoms with Gasteiger partial charge >= 0.3 is 0 Å². The Kier molecular flexibility index (Phi) is 2.65. The molecule has 0 aromatic rings. The first-order chi connectivity index (χ1) is 5.22. The largest absolute Gasteiger partial charge is 0.349 e. The van der Waals surface area contributed by atoms with Gasteiger partial charge in [0.15, 0.2) is 0 Å². The Bertz CT molecular complexity index is 167. The van der Waals surface area contributed by atoms with E-state index in [0.717, 1.165) is 19.5 Å². The van der Waals surface area contributed by atoms with Gasteiger partial charge in [-0.3, -0.25) is 4.79 Å². The van der Waals surface area contributed by atoms with E-state index in [1.165, 1.54) is 6.08 Å². The lowest BCUT2D eigenvalue weighted by Crippen LogP contribution is -2.35. The van der Waals surface area contributed by atoms with Crippen LogP contribution in [-0.4, -0.2) is 37.0 Å². The molecule has 1 aliphatic rings. The smallest absolute Gasteiger partial charge is 0.243 e. The van der Waals surface area contributed by atoms with Gasteiger partial charge in [0.2, 0.25) is 5.91 Å². The molecule has 0 aromatic carbocycles. The zero-order valence-corrected chi connectivity index (χ0v) is 6.84. The van der Waals surface area contributed by atoms with Crippen LogP contribution in [0.25, 0.3) is 0 Å². The molecule has 0 aliphatic carbocycles. The third-order valence-electron chi connectivity index (χ3n) is 1.92. The molecule has 1 aliphatic heterocycles. The van der Waals surface area contributed by atoms with Crippen molar-refractivity contribution in [2.75, 3.05) is 20.1 Å². The van der Waals surface area contributed by atoms with E-state index < -0.39 is 0 Å². The van der Waals surface area contributed by atoms with Crippen LogP contribution in [0, 0.1) is 0 Å². The highest BCUT2D eigenvalue weighted by Crippen LogP contribution is 2.05. The highest BCUT2D eigenvalue weighted by molar-refractivity contribution is 5.87. The number of nitrogens with one attached hydrogen (secondary N) is 1. The Morgan fingerprint density at radius 1 is 1.82 bits per heavy atom. The first-order valence-corrected chi connectivity index (χ1v) is 3.84. The molecule has 1 fully saturated rings. The minimum atomic E-state index is -0.0645. The summed E-state index contributed by atoms with van der Waals surface area (Å²) in [5.41, 5.74) is 0. The molecule has 1 heterocycles. The number of amides is 1. The van der Waals surface area contributed by atoms with E-state index in [-0.39, 0.29) is 5.91 Å². The fourth-order valence-corrected chi connectivity index (χ4v) is 1.31. The fraction of sp³-hybridized carbons (Fsp3) is 0.625. The number of likely N-dealkylation sites (N-methyl/N-ethyl adjacent to an activating group) is 1. The minimum Gasteiger partial charge on any atom is -0.349 e. The van der Waals surface area contributed by atoms with Crippen LogP contribution in [-0.2, 0) is 4.79 Å². The Morgan fingerprint density at radius 2 is 2.55 bits per heavy atom. The standard InChI is InChI=1S/C8H14N2O/c1-3-8(11)9-7-4-5-10(2)6-7/h3,7H,1,4-6H2,2H3,(H,9,11)/t7-/m1/s1. The predicted octanol–water partition coefficient (Wildman–Crippen LogP) is -0.00730. The quantitative estimate of drug-likeness (QED) is 0.567. The molecule has 3 nitrogen and oxygen atoms in total. The summed E-state index contributed by atoms with van der Waals surface area (Å²) in [5, 5.41) is 2.86. The van der Waals surface area contributed by atoms with Gasteiger partial charge < -0.3 is 10.2 Å². The van der Waals surface area contributed by atoms with Gasteiger partial charge in [-0.15, -0.1) is 0 Å². The maximum atomic E-state index is 10.8. The molecule has 1 atom stereocenters. The zero-order chi connectivity index (χ0) is 8.27. The van der Waals surface area contributed by atoms with Crippen molar-refractivity contribution < 1.29 is 4.79 Å². The van der Waals surface area contributed by atoms with E-state index in [9.17, 15) is 4.79 Å². The molecule has 11 heavy (non-hydrogen) atoms. The first-order valence-electron chi connectivity index (χ1n) is 3.84. The van der Waals surface area contributed by atoms with Gasteiger partial charge in [-0.2, -0.15) is 0 Å². The summed E-state index contributed by atoms with van der Waals surface area (Å²) >= 11 is 0. The van der Waals surface area contributed by atoms with Crippen LogP contribution < -0.4 is 5.32 Å². The van der Waals surface area contributed by atoms with E-state index in [4.69, 9.17) is 0 Å². The van der Waals surface area contributed by atoms with Gasteiger partial charge in [-0.1, -0.05) is 6.58 Å². The number of hydrogen-bond acceptors (Lipinski definition) is 2. The van der Waals surface area contributed by atoms with Crippen molar-refractivity contribution in [2.24, 2.45) is 0 Å². The molecule has 62 valence electrons. The van der Waals surface area contributed by atoms with Gasteiger partial charge in [0.25, 0.3) is 0 Å². The maximum absolute atomic E-state index is 10.8. The van der Waals surface area contributed by atoms with E-state index >= 15 is 0 Å². The van der Waals surface area contributed by atoms with Crippen LogP contribution in [0.3, 0.4) is 0 Å². The highest BCUT2D eigenvalue weighted by Gasteiger charge is 2.19. The number of rotatable bonds is 2. The SMILES string of the molecule is C=CC(=O)N[C@@H]1CCN(C)C1. The van der Waals surface area contributed by atoms with Crippen LogP contribution in [0.4, 0.5) is 0 Å². The topological polar surface area (TPSA) is 32.3 Å². The normalized spacial score (nSPS) is 25.0. The summed E-state index contributed by atoms with van der Waals surface area (Å²) in [5.74, 6) is -0.0645. The van der Waals surface area contributed by atoms with E-state index in [1.54, 1.807) is 0 Å². The third kappa shape index (κ3) is 2.35. The number of carbonyl (C=O) groups is 1. The van der Waals surface area contributed by atoms with E-state index in [1.807, 2.05) is 0 Å². The molecule has 0 saturated carbocycles. The number of likely N-dealkylation sites (tertiary alicyclic amines) is 1. The molecule has 3 heteroatoms. The summed E-state index contributed by atoms with van der Waals surface area (Å²) < 4.78 is 0. The molecule has 0 spiro atoms. The van der Waals surface area contributed by atoms with Gasteiger partial charge in [0, 0.05) is 12.6 Å². The number of hydrogen-bond donors (Lipinski definition) is 1. The Balaban J connectivity index is 2.28. The summed E-state index contributed by atoms with van der Waals surface area (Å²) in [4.78, 5) is 13.0. The second kappa shape index (κ2) is 3.53. The predicted molar refractivity (Wildman–Crippen MR) is 44.2 cm³/mol. The van der Waals surface area contributed by atoms with Crippen molar-refractivity contribution in [3.05, 3.63) is 12.7 Å². The summed E-state index contributed by atoms with van der Waals surface area (Å²) in [7, 11) is 2.06. The summed E-state index contributed by atoms with van der Waals surface area (Å²) in [6, 6.07) is 0.325. The maximum Gasteiger partial charge on any atom is 0.243 e. The molecule has 1 N–H and O–H groups in total. The average molecular weight is 154 g/mol. The second-order valence-corrected chi connectivity index (χ2v) is 2.96. The Labute approximate surface area is 67.1 Å². The second-order valence-electron chi connectivity index (χ2n) is 2.96. The lowest BCUT2D eigenvalue weighted by Gasteiger charge is -2.10. The highest BCUT2D eigenvalue weighted by atomic mass is 16.1.